The standard InChI is InChI=1S/C15H22O5/c1-14(2)7-19-15(20-8-14)5-9-4-11(16)12(10(9)6-15)13(17)18-3/h9-10,16H,4-8H2,1-3H3/t9-,10+/m1/s1. The summed E-state index contributed by atoms with van der Waals surface area (Å²) in [5.74, 6) is -0.625. The van der Waals surface area contributed by atoms with E-state index in [0.29, 0.717) is 31.6 Å². The average Bonchev–Trinajstić information content (AvgIpc) is 2.86. The molecule has 1 aliphatic heterocycles. The van der Waals surface area contributed by atoms with Crippen molar-refractivity contribution < 1.29 is 24.1 Å². The molecule has 0 aromatic heterocycles. The molecular weight excluding hydrogens is 260 g/mol. The third-order valence-corrected chi connectivity index (χ3v) is 4.67. The molecular formula is C15H22O5. The first kappa shape index (κ1) is 13.9. The Hall–Kier alpha value is -1.07. The van der Waals surface area contributed by atoms with Gasteiger partial charge in [0.25, 0.3) is 0 Å². The summed E-state index contributed by atoms with van der Waals surface area (Å²) in [6.07, 6.45) is 1.88. The first-order valence-electron chi connectivity index (χ1n) is 7.14. The van der Waals surface area contributed by atoms with Gasteiger partial charge in [-0.2, -0.15) is 0 Å². The van der Waals surface area contributed by atoms with E-state index in [9.17, 15) is 9.90 Å². The maximum atomic E-state index is 11.8. The van der Waals surface area contributed by atoms with Gasteiger partial charge in [0.2, 0.25) is 0 Å². The number of aliphatic hydroxyl groups excluding tert-OH is 1. The lowest BCUT2D eigenvalue weighted by Crippen LogP contribution is -2.46. The molecule has 3 aliphatic rings. The van der Waals surface area contributed by atoms with Crippen LogP contribution in [-0.2, 0) is 19.0 Å². The Bertz CT molecular complexity index is 455. The number of methoxy groups -OCH3 is 1. The van der Waals surface area contributed by atoms with Gasteiger partial charge in [0.05, 0.1) is 25.9 Å². The predicted octanol–water partition coefficient (Wildman–Crippen LogP) is 2.17. The van der Waals surface area contributed by atoms with Gasteiger partial charge in [0, 0.05) is 30.6 Å². The fourth-order valence-corrected chi connectivity index (χ4v) is 3.60. The summed E-state index contributed by atoms with van der Waals surface area (Å²) < 4.78 is 16.8. The Kier molecular flexibility index (Phi) is 3.10. The minimum Gasteiger partial charge on any atom is -0.512 e. The Balaban J connectivity index is 1.77. The zero-order valence-electron chi connectivity index (χ0n) is 12.3. The van der Waals surface area contributed by atoms with E-state index in [2.05, 4.69) is 13.8 Å². The molecule has 1 N–H and O–H groups in total. The van der Waals surface area contributed by atoms with Crippen LogP contribution in [0.25, 0.3) is 0 Å². The van der Waals surface area contributed by atoms with Crippen molar-refractivity contribution in [3.8, 4) is 0 Å². The number of hydrogen-bond acceptors (Lipinski definition) is 5. The maximum Gasteiger partial charge on any atom is 0.337 e. The SMILES string of the molecule is COC(=O)C1=C(O)C[C@@H]2CC3(C[C@H]12)OCC(C)(C)CO3. The average molecular weight is 282 g/mol. The minimum absolute atomic E-state index is 0.0105. The summed E-state index contributed by atoms with van der Waals surface area (Å²) in [5, 5.41) is 9.96. The van der Waals surface area contributed by atoms with E-state index < -0.39 is 11.8 Å². The molecule has 3 rings (SSSR count). The molecule has 1 saturated carbocycles. The molecule has 1 spiro atoms. The third-order valence-electron chi connectivity index (χ3n) is 4.67. The molecule has 2 atom stereocenters. The number of rotatable bonds is 1. The van der Waals surface area contributed by atoms with Gasteiger partial charge in [-0.1, -0.05) is 13.8 Å². The fraction of sp³-hybridized carbons (Fsp3) is 0.800. The number of fused-ring (bicyclic) bond motifs is 1. The van der Waals surface area contributed by atoms with E-state index in [0.717, 1.165) is 6.42 Å². The van der Waals surface area contributed by atoms with Crippen LogP contribution in [-0.4, -0.2) is 37.2 Å². The van der Waals surface area contributed by atoms with E-state index in [4.69, 9.17) is 14.2 Å². The number of carbonyl (C=O) groups excluding carboxylic acids is 1. The van der Waals surface area contributed by atoms with Crippen molar-refractivity contribution in [3.63, 3.8) is 0 Å². The van der Waals surface area contributed by atoms with Gasteiger partial charge >= 0.3 is 5.97 Å². The van der Waals surface area contributed by atoms with Crippen molar-refractivity contribution in [1.29, 1.82) is 0 Å². The zero-order chi connectivity index (χ0) is 14.5. The molecule has 0 aromatic rings. The maximum absolute atomic E-state index is 11.8. The minimum atomic E-state index is -0.579. The molecule has 2 aliphatic carbocycles. The van der Waals surface area contributed by atoms with Crippen LogP contribution in [0.4, 0.5) is 0 Å². The van der Waals surface area contributed by atoms with E-state index in [1.165, 1.54) is 7.11 Å². The predicted molar refractivity (Wildman–Crippen MR) is 70.9 cm³/mol. The molecule has 0 bridgehead atoms. The van der Waals surface area contributed by atoms with Gasteiger partial charge < -0.3 is 19.3 Å². The van der Waals surface area contributed by atoms with Crippen molar-refractivity contribution in [2.45, 2.75) is 38.9 Å². The number of esters is 1. The van der Waals surface area contributed by atoms with Crippen LogP contribution in [0.1, 0.15) is 33.1 Å². The summed E-state index contributed by atoms with van der Waals surface area (Å²) in [4.78, 5) is 11.8. The van der Waals surface area contributed by atoms with Crippen molar-refractivity contribution >= 4 is 5.97 Å². The Morgan fingerprint density at radius 1 is 1.30 bits per heavy atom. The smallest absolute Gasteiger partial charge is 0.337 e. The monoisotopic (exact) mass is 282 g/mol. The molecule has 0 aromatic carbocycles. The van der Waals surface area contributed by atoms with Crippen molar-refractivity contribution in [2.75, 3.05) is 20.3 Å². The molecule has 1 heterocycles. The second kappa shape index (κ2) is 4.46. The molecule has 112 valence electrons. The Morgan fingerprint density at radius 2 is 1.95 bits per heavy atom. The molecule has 0 radical (unpaired) electrons. The lowest BCUT2D eigenvalue weighted by Gasteiger charge is -2.42. The van der Waals surface area contributed by atoms with Crippen molar-refractivity contribution in [2.24, 2.45) is 17.3 Å². The van der Waals surface area contributed by atoms with Gasteiger partial charge in [-0.15, -0.1) is 0 Å². The van der Waals surface area contributed by atoms with Crippen LogP contribution in [0.2, 0.25) is 0 Å². The van der Waals surface area contributed by atoms with Crippen LogP contribution in [0.15, 0.2) is 11.3 Å². The summed E-state index contributed by atoms with van der Waals surface area (Å²) in [7, 11) is 1.34. The molecule has 0 amide bonds. The largest absolute Gasteiger partial charge is 0.512 e. The number of allylic oxidation sites excluding steroid dienone is 1. The van der Waals surface area contributed by atoms with Gasteiger partial charge in [-0.3, -0.25) is 0 Å². The van der Waals surface area contributed by atoms with Gasteiger partial charge in [-0.05, 0) is 5.92 Å². The molecule has 5 nitrogen and oxygen atoms in total. The molecule has 5 heteroatoms. The van der Waals surface area contributed by atoms with Crippen LogP contribution in [0.3, 0.4) is 0 Å². The van der Waals surface area contributed by atoms with E-state index in [1.807, 2.05) is 0 Å². The lowest BCUT2D eigenvalue weighted by molar-refractivity contribution is -0.296. The van der Waals surface area contributed by atoms with Crippen LogP contribution in [0, 0.1) is 17.3 Å². The van der Waals surface area contributed by atoms with Crippen molar-refractivity contribution in [1.82, 2.24) is 0 Å². The summed E-state index contributed by atoms with van der Waals surface area (Å²) in [5.41, 5.74) is 0.456. The highest BCUT2D eigenvalue weighted by Gasteiger charge is 2.55. The highest BCUT2D eigenvalue weighted by molar-refractivity contribution is 5.90. The quantitative estimate of drug-likeness (QED) is 0.747. The van der Waals surface area contributed by atoms with E-state index >= 15 is 0 Å². The molecule has 2 fully saturated rings. The Morgan fingerprint density at radius 3 is 2.55 bits per heavy atom. The number of ether oxygens (including phenoxy) is 3. The number of aliphatic hydroxyl groups is 1. The van der Waals surface area contributed by atoms with Crippen LogP contribution < -0.4 is 0 Å². The summed E-state index contributed by atoms with van der Waals surface area (Å²) in [6.45, 7) is 5.55. The topological polar surface area (TPSA) is 65.0 Å². The summed E-state index contributed by atoms with van der Waals surface area (Å²) in [6, 6.07) is 0. The van der Waals surface area contributed by atoms with Crippen LogP contribution >= 0.6 is 0 Å². The molecule has 0 unspecified atom stereocenters. The number of hydrogen-bond donors (Lipinski definition) is 1. The lowest BCUT2D eigenvalue weighted by atomic mass is 9.93. The molecule has 1 saturated heterocycles. The summed E-state index contributed by atoms with van der Waals surface area (Å²) >= 11 is 0. The zero-order valence-corrected chi connectivity index (χ0v) is 12.3. The van der Waals surface area contributed by atoms with Crippen LogP contribution in [0.5, 0.6) is 0 Å². The van der Waals surface area contributed by atoms with Crippen molar-refractivity contribution in [3.05, 3.63) is 11.3 Å². The highest BCUT2D eigenvalue weighted by Crippen LogP contribution is 2.54. The van der Waals surface area contributed by atoms with E-state index in [-0.39, 0.29) is 23.0 Å². The van der Waals surface area contributed by atoms with E-state index in [1.54, 1.807) is 0 Å². The second-order valence-corrected chi connectivity index (χ2v) is 6.98. The first-order chi connectivity index (χ1) is 9.36. The highest BCUT2D eigenvalue weighted by atomic mass is 16.7. The normalized spacial score (nSPS) is 34.4. The van der Waals surface area contributed by atoms with Gasteiger partial charge in [0.15, 0.2) is 5.79 Å². The fourth-order valence-electron chi connectivity index (χ4n) is 3.60. The second-order valence-electron chi connectivity index (χ2n) is 6.98. The van der Waals surface area contributed by atoms with Gasteiger partial charge in [0.1, 0.15) is 5.76 Å². The molecule has 20 heavy (non-hydrogen) atoms. The Labute approximate surface area is 118 Å². The van der Waals surface area contributed by atoms with Gasteiger partial charge in [-0.25, -0.2) is 4.79 Å². The third kappa shape index (κ3) is 2.13. The number of carbonyl (C=O) groups is 1. The first-order valence-corrected chi connectivity index (χ1v) is 7.14.